The van der Waals surface area contributed by atoms with Crippen molar-refractivity contribution in [3.8, 4) is 0 Å². The Balaban J connectivity index is 0. The van der Waals surface area contributed by atoms with E-state index in [1.807, 2.05) is 13.8 Å². The van der Waals surface area contributed by atoms with E-state index in [0.29, 0.717) is 32.5 Å². The fourth-order valence-electron chi connectivity index (χ4n) is 1.93. The number of hydrogen-bond donors (Lipinski definition) is 3. The summed E-state index contributed by atoms with van der Waals surface area (Å²) >= 11 is 0. The van der Waals surface area contributed by atoms with Crippen LogP contribution in [0.15, 0.2) is 23.9 Å². The number of allylic oxidation sites excluding steroid dienone is 2. The van der Waals surface area contributed by atoms with Crippen LogP contribution in [0.5, 0.6) is 0 Å². The number of unbranched alkanes of at least 4 members (excludes halogenated alkanes) is 2. The van der Waals surface area contributed by atoms with Gasteiger partial charge in [0.25, 0.3) is 0 Å². The summed E-state index contributed by atoms with van der Waals surface area (Å²) in [6.07, 6.45) is 8.00. The van der Waals surface area contributed by atoms with Crippen molar-refractivity contribution in [3.05, 3.63) is 23.9 Å². The molecule has 0 rings (SSSR count). The molecular formula is C17H31KN2O4. The minimum Gasteiger partial charge on any atom is -0.874 e. The molecule has 0 aliphatic carbocycles. The van der Waals surface area contributed by atoms with Gasteiger partial charge in [-0.05, 0) is 19.0 Å². The summed E-state index contributed by atoms with van der Waals surface area (Å²) < 4.78 is 0. The Labute approximate surface area is 188 Å². The van der Waals surface area contributed by atoms with Crippen molar-refractivity contribution in [3.63, 3.8) is 0 Å². The van der Waals surface area contributed by atoms with E-state index in [4.69, 9.17) is 5.11 Å². The third-order valence-corrected chi connectivity index (χ3v) is 3.31. The Bertz CT molecular complexity index is 387. The van der Waals surface area contributed by atoms with Crippen molar-refractivity contribution in [2.45, 2.75) is 58.8 Å². The van der Waals surface area contributed by atoms with E-state index in [1.165, 1.54) is 6.20 Å². The molecular weight excluding hydrogens is 335 g/mol. The Morgan fingerprint density at radius 3 is 2.29 bits per heavy atom. The molecule has 3 N–H and O–H groups in total. The standard InChI is InChI=1S/C17H32N2O4.K/c1-3-5-7-15(20)13-18-10-12-19(11-9-17(22)23)14-16(21)8-6-4-2;/h13-14,18,20-21H,3-12H2,1-2H3,(H,22,23);/q;+1/p-1/b15-13-,16-14-;. The third-order valence-electron chi connectivity index (χ3n) is 3.31. The molecule has 0 amide bonds. The van der Waals surface area contributed by atoms with Crippen molar-refractivity contribution in [2.24, 2.45) is 0 Å². The number of carboxylic acid groups (broad SMARTS) is 1. The van der Waals surface area contributed by atoms with Gasteiger partial charge in [-0.1, -0.05) is 33.1 Å². The first-order valence-corrected chi connectivity index (χ1v) is 8.44. The van der Waals surface area contributed by atoms with Crippen LogP contribution in [0.2, 0.25) is 0 Å². The van der Waals surface area contributed by atoms with Crippen LogP contribution < -0.4 is 61.8 Å². The van der Waals surface area contributed by atoms with Gasteiger partial charge in [0.05, 0.1) is 6.42 Å². The van der Waals surface area contributed by atoms with Gasteiger partial charge in [-0.25, -0.2) is 0 Å². The average molecular weight is 367 g/mol. The molecule has 0 heterocycles. The summed E-state index contributed by atoms with van der Waals surface area (Å²) in [5.41, 5.74) is 0. The van der Waals surface area contributed by atoms with Gasteiger partial charge in [-0.15, -0.1) is 5.76 Å². The maximum Gasteiger partial charge on any atom is 1.00 e. The summed E-state index contributed by atoms with van der Waals surface area (Å²) in [4.78, 5) is 12.5. The van der Waals surface area contributed by atoms with Gasteiger partial charge in [0.2, 0.25) is 0 Å². The van der Waals surface area contributed by atoms with Crippen LogP contribution >= 0.6 is 0 Å². The van der Waals surface area contributed by atoms with E-state index in [-0.39, 0.29) is 69.3 Å². The SMILES string of the molecule is CCCC/C([O-])=C/NCCN(/C=C(\O)CCCC)CCC(=O)O.[K+]. The van der Waals surface area contributed by atoms with E-state index in [1.54, 1.807) is 11.1 Å². The van der Waals surface area contributed by atoms with Crippen molar-refractivity contribution >= 4 is 5.97 Å². The van der Waals surface area contributed by atoms with Crippen molar-refractivity contribution in [1.82, 2.24) is 10.2 Å². The van der Waals surface area contributed by atoms with Gasteiger partial charge in [0.1, 0.15) is 5.76 Å². The van der Waals surface area contributed by atoms with E-state index in [9.17, 15) is 15.0 Å². The Kier molecular flexibility index (Phi) is 19.1. The summed E-state index contributed by atoms with van der Waals surface area (Å²) in [6, 6.07) is 0. The molecule has 7 heteroatoms. The van der Waals surface area contributed by atoms with Crippen LogP contribution in [-0.4, -0.2) is 40.7 Å². The topological polar surface area (TPSA) is 95.9 Å². The zero-order valence-corrected chi connectivity index (χ0v) is 18.5. The maximum atomic E-state index is 11.5. The molecule has 0 fully saturated rings. The second-order valence-corrected chi connectivity index (χ2v) is 5.57. The number of carbonyl (C=O) groups is 1. The molecule has 0 aromatic carbocycles. The fourth-order valence-corrected chi connectivity index (χ4v) is 1.93. The van der Waals surface area contributed by atoms with Crippen molar-refractivity contribution < 1.29 is 71.5 Å². The summed E-state index contributed by atoms with van der Waals surface area (Å²) in [6.45, 7) is 5.47. The second-order valence-electron chi connectivity index (χ2n) is 5.57. The smallest absolute Gasteiger partial charge is 0.874 e. The number of hydrogen-bond acceptors (Lipinski definition) is 5. The first kappa shape index (κ1) is 26.0. The average Bonchev–Trinajstić information content (AvgIpc) is 2.52. The number of aliphatic hydroxyl groups excluding tert-OH is 1. The fraction of sp³-hybridized carbons (Fsp3) is 0.706. The second kappa shape index (κ2) is 17.6. The van der Waals surface area contributed by atoms with E-state index in [2.05, 4.69) is 5.32 Å². The van der Waals surface area contributed by atoms with Gasteiger partial charge < -0.3 is 25.5 Å². The van der Waals surface area contributed by atoms with Crippen LogP contribution in [0.1, 0.15) is 58.8 Å². The summed E-state index contributed by atoms with van der Waals surface area (Å²) in [7, 11) is 0. The zero-order valence-electron chi connectivity index (χ0n) is 15.4. The van der Waals surface area contributed by atoms with Gasteiger partial charge in [-0.3, -0.25) is 4.79 Å². The first-order chi connectivity index (χ1) is 11.0. The normalized spacial score (nSPS) is 11.8. The molecule has 134 valence electrons. The molecule has 0 radical (unpaired) electrons. The van der Waals surface area contributed by atoms with Crippen molar-refractivity contribution in [2.75, 3.05) is 19.6 Å². The van der Waals surface area contributed by atoms with Gasteiger partial charge in [-0.2, -0.15) is 0 Å². The largest absolute Gasteiger partial charge is 1.00 e. The van der Waals surface area contributed by atoms with Crippen molar-refractivity contribution in [1.29, 1.82) is 0 Å². The summed E-state index contributed by atoms with van der Waals surface area (Å²) in [5.74, 6) is -0.531. The monoisotopic (exact) mass is 366 g/mol. The van der Waals surface area contributed by atoms with E-state index in [0.717, 1.165) is 25.7 Å². The molecule has 24 heavy (non-hydrogen) atoms. The predicted molar refractivity (Wildman–Crippen MR) is 89.7 cm³/mol. The predicted octanol–water partition coefficient (Wildman–Crippen LogP) is -0.662. The van der Waals surface area contributed by atoms with Crippen LogP contribution in [-0.2, 0) is 4.79 Å². The van der Waals surface area contributed by atoms with Gasteiger partial charge in [0.15, 0.2) is 0 Å². The minimum absolute atomic E-state index is 0. The van der Waals surface area contributed by atoms with Crippen LogP contribution in [0.25, 0.3) is 0 Å². The third kappa shape index (κ3) is 16.6. The minimum atomic E-state index is -0.870. The van der Waals surface area contributed by atoms with Crippen LogP contribution in [0.4, 0.5) is 0 Å². The number of aliphatic hydroxyl groups is 1. The molecule has 0 saturated carbocycles. The Hall–Kier alpha value is -0.214. The summed E-state index contributed by atoms with van der Waals surface area (Å²) in [5, 5.41) is 33.1. The number of aliphatic carboxylic acids is 1. The number of nitrogens with zero attached hydrogens (tertiary/aromatic N) is 1. The maximum absolute atomic E-state index is 11.5. The molecule has 0 unspecified atom stereocenters. The van der Waals surface area contributed by atoms with E-state index >= 15 is 0 Å². The molecule has 0 saturated heterocycles. The number of rotatable bonds is 14. The molecule has 0 spiro atoms. The van der Waals surface area contributed by atoms with Crippen LogP contribution in [0.3, 0.4) is 0 Å². The molecule has 0 atom stereocenters. The molecule has 0 aromatic rings. The molecule has 6 nitrogen and oxygen atoms in total. The molecule has 0 bridgehead atoms. The Morgan fingerprint density at radius 1 is 1.08 bits per heavy atom. The number of carboxylic acids is 1. The molecule has 0 aromatic heterocycles. The van der Waals surface area contributed by atoms with Gasteiger partial charge in [0, 0.05) is 32.3 Å². The first-order valence-electron chi connectivity index (χ1n) is 8.44. The number of nitrogens with one attached hydrogen (secondary N) is 1. The quantitative estimate of drug-likeness (QED) is 0.215. The Morgan fingerprint density at radius 2 is 1.71 bits per heavy atom. The van der Waals surface area contributed by atoms with Crippen LogP contribution in [0, 0.1) is 0 Å². The zero-order chi connectivity index (χ0) is 17.5. The van der Waals surface area contributed by atoms with Gasteiger partial charge >= 0.3 is 57.4 Å². The molecule has 0 aliphatic rings. The van der Waals surface area contributed by atoms with E-state index < -0.39 is 5.97 Å². The molecule has 0 aliphatic heterocycles.